The first-order valence-electron chi connectivity index (χ1n) is 6.39. The normalized spacial score (nSPS) is 19.3. The van der Waals surface area contributed by atoms with Crippen LogP contribution in [0.25, 0.3) is 6.08 Å². The number of hydrogen-bond donors (Lipinski definition) is 1. The van der Waals surface area contributed by atoms with Crippen LogP contribution in [0.2, 0.25) is 0 Å². The largest absolute Gasteiger partial charge is 0.478 e. The van der Waals surface area contributed by atoms with Crippen molar-refractivity contribution in [2.45, 2.75) is 19.4 Å². The first-order valence-corrected chi connectivity index (χ1v) is 6.39. The molecule has 0 bridgehead atoms. The quantitative estimate of drug-likeness (QED) is 0.845. The molecule has 1 saturated heterocycles. The smallest absolute Gasteiger partial charge is 0.328 e. The fourth-order valence-electron chi connectivity index (χ4n) is 2.36. The van der Waals surface area contributed by atoms with Crippen LogP contribution < -0.4 is 4.90 Å². The number of anilines is 1. The molecule has 19 heavy (non-hydrogen) atoms. The fourth-order valence-corrected chi connectivity index (χ4v) is 2.36. The molecule has 0 radical (unpaired) electrons. The third kappa shape index (κ3) is 3.35. The number of methoxy groups -OCH3 is 1. The Morgan fingerprint density at radius 1 is 1.53 bits per heavy atom. The third-order valence-corrected chi connectivity index (χ3v) is 3.50. The number of carboxylic acid groups (broad SMARTS) is 1. The molecule has 1 heterocycles. The van der Waals surface area contributed by atoms with Gasteiger partial charge in [0, 0.05) is 32.0 Å². The Hall–Kier alpha value is -1.81. The summed E-state index contributed by atoms with van der Waals surface area (Å²) in [5, 5.41) is 8.64. The Morgan fingerprint density at radius 3 is 2.89 bits per heavy atom. The summed E-state index contributed by atoms with van der Waals surface area (Å²) in [4.78, 5) is 12.8. The van der Waals surface area contributed by atoms with Crippen molar-refractivity contribution in [3.8, 4) is 0 Å². The highest BCUT2D eigenvalue weighted by Gasteiger charge is 2.22. The van der Waals surface area contributed by atoms with Gasteiger partial charge in [0.1, 0.15) is 0 Å². The summed E-state index contributed by atoms with van der Waals surface area (Å²) < 4.78 is 5.36. The molecule has 2 rings (SSSR count). The predicted molar refractivity (Wildman–Crippen MR) is 75.5 cm³/mol. The van der Waals surface area contributed by atoms with Crippen LogP contribution in [0.4, 0.5) is 5.69 Å². The highest BCUT2D eigenvalue weighted by atomic mass is 16.5. The van der Waals surface area contributed by atoms with Gasteiger partial charge in [0.05, 0.1) is 6.10 Å². The Morgan fingerprint density at radius 2 is 2.32 bits per heavy atom. The summed E-state index contributed by atoms with van der Waals surface area (Å²) in [5.74, 6) is -0.925. The van der Waals surface area contributed by atoms with Crippen LogP contribution in [-0.4, -0.2) is 37.4 Å². The number of benzene rings is 1. The Balaban J connectivity index is 2.13. The minimum absolute atomic E-state index is 0.312. The minimum Gasteiger partial charge on any atom is -0.478 e. The lowest BCUT2D eigenvalue weighted by Gasteiger charge is -2.19. The maximum absolute atomic E-state index is 10.5. The summed E-state index contributed by atoms with van der Waals surface area (Å²) in [6, 6.07) is 6.09. The van der Waals surface area contributed by atoms with E-state index in [-0.39, 0.29) is 0 Å². The summed E-state index contributed by atoms with van der Waals surface area (Å²) in [7, 11) is 1.75. The molecule has 0 aromatic heterocycles. The molecule has 1 unspecified atom stereocenters. The standard InChI is InChI=1S/C15H19NO3/c1-11-9-13(16-8-7-14(10-16)19-2)5-3-12(11)4-6-15(17)18/h3-6,9,14H,7-8,10H2,1-2H3,(H,17,18)/b6-4+. The zero-order valence-electron chi connectivity index (χ0n) is 11.3. The summed E-state index contributed by atoms with van der Waals surface area (Å²) in [6.07, 6.45) is 4.16. The number of ether oxygens (including phenoxy) is 1. The number of nitrogens with zero attached hydrogens (tertiary/aromatic N) is 1. The average molecular weight is 261 g/mol. The highest BCUT2D eigenvalue weighted by molar-refractivity contribution is 5.85. The zero-order valence-corrected chi connectivity index (χ0v) is 11.3. The third-order valence-electron chi connectivity index (χ3n) is 3.50. The van der Waals surface area contributed by atoms with Gasteiger partial charge in [0.2, 0.25) is 0 Å². The molecular formula is C15H19NO3. The van der Waals surface area contributed by atoms with E-state index in [0.29, 0.717) is 6.10 Å². The molecule has 1 atom stereocenters. The first kappa shape index (κ1) is 13.6. The molecule has 0 amide bonds. The van der Waals surface area contributed by atoms with Gasteiger partial charge in [-0.3, -0.25) is 0 Å². The van der Waals surface area contributed by atoms with Crippen LogP contribution in [0.3, 0.4) is 0 Å². The Kier molecular flexibility index (Phi) is 4.22. The van der Waals surface area contributed by atoms with Crippen LogP contribution in [0.15, 0.2) is 24.3 Å². The maximum atomic E-state index is 10.5. The van der Waals surface area contributed by atoms with Gasteiger partial charge in [-0.1, -0.05) is 6.07 Å². The number of hydrogen-bond acceptors (Lipinski definition) is 3. The van der Waals surface area contributed by atoms with Gasteiger partial charge >= 0.3 is 5.97 Å². The topological polar surface area (TPSA) is 49.8 Å². The average Bonchev–Trinajstić information content (AvgIpc) is 2.85. The molecular weight excluding hydrogens is 242 g/mol. The van der Waals surface area contributed by atoms with Crippen molar-refractivity contribution in [2.75, 3.05) is 25.1 Å². The van der Waals surface area contributed by atoms with Crippen molar-refractivity contribution < 1.29 is 14.6 Å². The molecule has 1 aliphatic heterocycles. The van der Waals surface area contributed by atoms with Crippen molar-refractivity contribution in [1.82, 2.24) is 0 Å². The summed E-state index contributed by atoms with van der Waals surface area (Å²) >= 11 is 0. The SMILES string of the molecule is COC1CCN(c2ccc(/C=C/C(=O)O)c(C)c2)C1. The lowest BCUT2D eigenvalue weighted by atomic mass is 10.1. The number of aliphatic carboxylic acids is 1. The fraction of sp³-hybridized carbons (Fsp3) is 0.400. The zero-order chi connectivity index (χ0) is 13.8. The Labute approximate surface area is 113 Å². The first-order chi connectivity index (χ1) is 9.10. The van der Waals surface area contributed by atoms with Crippen LogP contribution in [-0.2, 0) is 9.53 Å². The summed E-state index contributed by atoms with van der Waals surface area (Å²) in [5.41, 5.74) is 3.19. The molecule has 102 valence electrons. The van der Waals surface area contributed by atoms with Crippen molar-refractivity contribution in [1.29, 1.82) is 0 Å². The van der Waals surface area contributed by atoms with Crippen LogP contribution >= 0.6 is 0 Å². The van der Waals surface area contributed by atoms with Crippen molar-refractivity contribution in [3.05, 3.63) is 35.4 Å². The van der Waals surface area contributed by atoms with Gasteiger partial charge in [-0.2, -0.15) is 0 Å². The van der Waals surface area contributed by atoms with Crippen molar-refractivity contribution in [2.24, 2.45) is 0 Å². The second kappa shape index (κ2) is 5.89. The number of carbonyl (C=O) groups is 1. The molecule has 0 spiro atoms. The second-order valence-electron chi connectivity index (χ2n) is 4.80. The molecule has 1 aromatic rings. The number of aryl methyl sites for hydroxylation is 1. The maximum Gasteiger partial charge on any atom is 0.328 e. The highest BCUT2D eigenvalue weighted by Crippen LogP contribution is 2.24. The second-order valence-corrected chi connectivity index (χ2v) is 4.80. The monoisotopic (exact) mass is 261 g/mol. The van der Waals surface area contributed by atoms with Crippen molar-refractivity contribution >= 4 is 17.7 Å². The van der Waals surface area contributed by atoms with Crippen LogP contribution in [0.1, 0.15) is 17.5 Å². The van der Waals surface area contributed by atoms with Crippen LogP contribution in [0, 0.1) is 6.92 Å². The molecule has 4 nitrogen and oxygen atoms in total. The van der Waals surface area contributed by atoms with E-state index in [1.807, 2.05) is 19.1 Å². The van der Waals surface area contributed by atoms with E-state index < -0.39 is 5.97 Å². The van der Waals surface area contributed by atoms with Crippen LogP contribution in [0.5, 0.6) is 0 Å². The summed E-state index contributed by atoms with van der Waals surface area (Å²) in [6.45, 7) is 3.91. The van der Waals surface area contributed by atoms with E-state index in [4.69, 9.17) is 9.84 Å². The van der Waals surface area contributed by atoms with E-state index >= 15 is 0 Å². The lowest BCUT2D eigenvalue weighted by molar-refractivity contribution is -0.131. The van der Waals surface area contributed by atoms with Gasteiger partial charge in [-0.25, -0.2) is 4.79 Å². The molecule has 1 aliphatic rings. The minimum atomic E-state index is -0.925. The molecule has 1 aromatic carbocycles. The lowest BCUT2D eigenvalue weighted by Crippen LogP contribution is -2.22. The molecule has 0 aliphatic carbocycles. The van der Waals surface area contributed by atoms with Gasteiger partial charge < -0.3 is 14.7 Å². The van der Waals surface area contributed by atoms with Crippen molar-refractivity contribution in [3.63, 3.8) is 0 Å². The van der Waals surface area contributed by atoms with E-state index in [9.17, 15) is 4.79 Å². The van der Waals surface area contributed by atoms with E-state index in [0.717, 1.165) is 30.6 Å². The van der Waals surface area contributed by atoms with Gasteiger partial charge in [-0.15, -0.1) is 0 Å². The van der Waals surface area contributed by atoms with E-state index in [2.05, 4.69) is 11.0 Å². The van der Waals surface area contributed by atoms with E-state index in [1.165, 1.54) is 11.8 Å². The predicted octanol–water partition coefficient (Wildman–Crippen LogP) is 2.32. The Bertz CT molecular complexity index is 496. The molecule has 0 saturated carbocycles. The molecule has 1 N–H and O–H groups in total. The van der Waals surface area contributed by atoms with E-state index in [1.54, 1.807) is 13.2 Å². The number of rotatable bonds is 4. The van der Waals surface area contributed by atoms with Gasteiger partial charge in [0.15, 0.2) is 0 Å². The number of carboxylic acids is 1. The van der Waals surface area contributed by atoms with Gasteiger partial charge in [0.25, 0.3) is 0 Å². The van der Waals surface area contributed by atoms with Gasteiger partial charge in [-0.05, 0) is 42.7 Å². The molecule has 4 heteroatoms. The molecule has 1 fully saturated rings.